The summed E-state index contributed by atoms with van der Waals surface area (Å²) in [6.07, 6.45) is 0. The van der Waals surface area contributed by atoms with Gasteiger partial charge in [-0.05, 0) is 19.4 Å². The van der Waals surface area contributed by atoms with E-state index >= 15 is 0 Å². The van der Waals surface area contributed by atoms with E-state index in [4.69, 9.17) is 9.84 Å². The molecule has 0 amide bonds. The molecule has 0 aliphatic heterocycles. The molecule has 0 radical (unpaired) electrons. The van der Waals surface area contributed by atoms with Gasteiger partial charge in [-0.2, -0.15) is 0 Å². The fraction of sp³-hybridized carbons (Fsp3) is 0.364. The summed E-state index contributed by atoms with van der Waals surface area (Å²) in [5, 5.41) is 9.09. The molecule has 0 saturated heterocycles. The maximum Gasteiger partial charge on any atom is 0.340 e. The van der Waals surface area contributed by atoms with Crippen LogP contribution in [0.4, 0.5) is 0 Å². The molecule has 1 aromatic carbocycles. The van der Waals surface area contributed by atoms with Crippen molar-refractivity contribution < 1.29 is 14.6 Å². The van der Waals surface area contributed by atoms with Gasteiger partial charge in [0.1, 0.15) is 0 Å². The van der Waals surface area contributed by atoms with Crippen molar-refractivity contribution in [2.75, 3.05) is 6.61 Å². The van der Waals surface area contributed by atoms with Crippen LogP contribution in [-0.2, 0) is 15.1 Å². The first-order valence-electron chi connectivity index (χ1n) is 4.54. The number of benzene rings is 1. The summed E-state index contributed by atoms with van der Waals surface area (Å²) >= 11 is 0. The van der Waals surface area contributed by atoms with E-state index in [-0.39, 0.29) is 0 Å². The van der Waals surface area contributed by atoms with Crippen LogP contribution in [0.5, 0.6) is 0 Å². The van der Waals surface area contributed by atoms with E-state index in [1.54, 1.807) is 38.1 Å². The number of carboxylic acid groups (broad SMARTS) is 1. The van der Waals surface area contributed by atoms with E-state index in [9.17, 15) is 4.79 Å². The molecule has 1 N–H and O–H groups in total. The second-order valence-corrected chi connectivity index (χ2v) is 3.14. The van der Waals surface area contributed by atoms with Crippen LogP contribution < -0.4 is 0 Å². The molecule has 14 heavy (non-hydrogen) atoms. The first-order valence-corrected chi connectivity index (χ1v) is 4.54. The van der Waals surface area contributed by atoms with Crippen LogP contribution in [0.25, 0.3) is 0 Å². The van der Waals surface area contributed by atoms with Gasteiger partial charge in [0, 0.05) is 6.61 Å². The minimum Gasteiger partial charge on any atom is -0.479 e. The Hall–Kier alpha value is -1.35. The first kappa shape index (κ1) is 10.7. The zero-order chi connectivity index (χ0) is 10.6. The fourth-order valence-corrected chi connectivity index (χ4v) is 1.31. The Kier molecular flexibility index (Phi) is 3.25. The third kappa shape index (κ3) is 1.93. The van der Waals surface area contributed by atoms with Crippen molar-refractivity contribution in [2.45, 2.75) is 19.4 Å². The molecule has 1 atom stereocenters. The normalized spacial score (nSPS) is 14.7. The molecule has 1 rings (SSSR count). The Balaban J connectivity index is 3.06. The second-order valence-electron chi connectivity index (χ2n) is 3.14. The van der Waals surface area contributed by atoms with E-state index in [1.807, 2.05) is 6.07 Å². The molecular formula is C11H14O3. The molecule has 0 bridgehead atoms. The van der Waals surface area contributed by atoms with Crippen LogP contribution in [0.15, 0.2) is 30.3 Å². The lowest BCUT2D eigenvalue weighted by molar-refractivity contribution is -0.164. The minimum atomic E-state index is -1.24. The van der Waals surface area contributed by atoms with Gasteiger partial charge in [-0.1, -0.05) is 30.3 Å². The standard InChI is InChI=1S/C11H14O3/c1-3-14-11(2,10(12)13)9-7-5-4-6-8-9/h4-8H,3H2,1-2H3,(H,12,13). The van der Waals surface area contributed by atoms with Gasteiger partial charge in [-0.3, -0.25) is 0 Å². The molecule has 76 valence electrons. The number of rotatable bonds is 4. The molecule has 3 nitrogen and oxygen atoms in total. The Morgan fingerprint density at radius 2 is 2.00 bits per heavy atom. The van der Waals surface area contributed by atoms with Gasteiger partial charge in [0.05, 0.1) is 0 Å². The SMILES string of the molecule is CCOC(C)(C(=O)O)c1ccccc1. The van der Waals surface area contributed by atoms with Gasteiger partial charge in [0.2, 0.25) is 0 Å². The molecule has 0 fully saturated rings. The van der Waals surface area contributed by atoms with Crippen LogP contribution in [0.1, 0.15) is 19.4 Å². The monoisotopic (exact) mass is 194 g/mol. The quantitative estimate of drug-likeness (QED) is 0.797. The van der Waals surface area contributed by atoms with Gasteiger partial charge >= 0.3 is 5.97 Å². The number of hydrogen-bond acceptors (Lipinski definition) is 2. The van der Waals surface area contributed by atoms with Gasteiger partial charge in [-0.25, -0.2) is 4.79 Å². The lowest BCUT2D eigenvalue weighted by Gasteiger charge is -2.24. The van der Waals surface area contributed by atoms with Crippen LogP contribution in [0.2, 0.25) is 0 Å². The summed E-state index contributed by atoms with van der Waals surface area (Å²) in [5.74, 6) is -0.967. The number of carboxylic acids is 1. The number of ether oxygens (including phenoxy) is 1. The molecule has 1 unspecified atom stereocenters. The summed E-state index contributed by atoms with van der Waals surface area (Å²) in [4.78, 5) is 11.1. The number of hydrogen-bond donors (Lipinski definition) is 1. The fourth-order valence-electron chi connectivity index (χ4n) is 1.31. The zero-order valence-electron chi connectivity index (χ0n) is 8.36. The maximum atomic E-state index is 11.1. The molecule has 0 saturated carbocycles. The third-order valence-electron chi connectivity index (χ3n) is 2.17. The van der Waals surface area contributed by atoms with E-state index in [2.05, 4.69) is 0 Å². The van der Waals surface area contributed by atoms with Gasteiger partial charge in [0.25, 0.3) is 0 Å². The van der Waals surface area contributed by atoms with Crippen LogP contribution in [0, 0.1) is 0 Å². The highest BCUT2D eigenvalue weighted by Crippen LogP contribution is 2.25. The molecule has 0 aliphatic rings. The van der Waals surface area contributed by atoms with Crippen molar-refractivity contribution in [3.8, 4) is 0 Å². The Labute approximate surface area is 83.3 Å². The highest BCUT2D eigenvalue weighted by Gasteiger charge is 2.35. The highest BCUT2D eigenvalue weighted by molar-refractivity contribution is 5.78. The Bertz CT molecular complexity index is 308. The Morgan fingerprint density at radius 1 is 1.43 bits per heavy atom. The predicted octanol–water partition coefficient (Wildman–Crippen LogP) is 2.02. The number of aliphatic carboxylic acids is 1. The molecule has 3 heteroatoms. The maximum absolute atomic E-state index is 11.1. The largest absolute Gasteiger partial charge is 0.479 e. The van der Waals surface area contributed by atoms with E-state index in [0.29, 0.717) is 12.2 Å². The molecule has 1 aromatic rings. The van der Waals surface area contributed by atoms with Crippen LogP contribution in [-0.4, -0.2) is 17.7 Å². The first-order chi connectivity index (χ1) is 6.61. The average Bonchev–Trinajstić information content (AvgIpc) is 2.19. The van der Waals surface area contributed by atoms with E-state index < -0.39 is 11.6 Å². The minimum absolute atomic E-state index is 0.373. The van der Waals surface area contributed by atoms with Crippen molar-refractivity contribution >= 4 is 5.97 Å². The van der Waals surface area contributed by atoms with Gasteiger partial charge in [0.15, 0.2) is 5.60 Å². The molecule has 0 aliphatic carbocycles. The highest BCUT2D eigenvalue weighted by atomic mass is 16.5. The smallest absolute Gasteiger partial charge is 0.340 e. The van der Waals surface area contributed by atoms with Gasteiger partial charge < -0.3 is 9.84 Å². The lowest BCUT2D eigenvalue weighted by atomic mass is 9.96. The molecular weight excluding hydrogens is 180 g/mol. The van der Waals surface area contributed by atoms with Crippen molar-refractivity contribution in [1.82, 2.24) is 0 Å². The molecule has 0 aromatic heterocycles. The topological polar surface area (TPSA) is 46.5 Å². The molecule has 0 heterocycles. The van der Waals surface area contributed by atoms with Crippen molar-refractivity contribution in [1.29, 1.82) is 0 Å². The summed E-state index contributed by atoms with van der Waals surface area (Å²) in [5.41, 5.74) is -0.579. The Morgan fingerprint density at radius 3 is 2.43 bits per heavy atom. The van der Waals surface area contributed by atoms with E-state index in [0.717, 1.165) is 0 Å². The number of carbonyl (C=O) groups is 1. The van der Waals surface area contributed by atoms with Crippen LogP contribution in [0.3, 0.4) is 0 Å². The van der Waals surface area contributed by atoms with Crippen molar-refractivity contribution in [3.05, 3.63) is 35.9 Å². The van der Waals surface area contributed by atoms with Crippen LogP contribution >= 0.6 is 0 Å². The molecule has 0 spiro atoms. The van der Waals surface area contributed by atoms with Crippen molar-refractivity contribution in [3.63, 3.8) is 0 Å². The summed E-state index contributed by atoms with van der Waals surface area (Å²) < 4.78 is 5.28. The van der Waals surface area contributed by atoms with Gasteiger partial charge in [-0.15, -0.1) is 0 Å². The predicted molar refractivity (Wildman–Crippen MR) is 53.1 cm³/mol. The second kappa shape index (κ2) is 4.24. The summed E-state index contributed by atoms with van der Waals surface area (Å²) in [7, 11) is 0. The van der Waals surface area contributed by atoms with Crippen molar-refractivity contribution in [2.24, 2.45) is 0 Å². The summed E-state index contributed by atoms with van der Waals surface area (Å²) in [6.45, 7) is 3.72. The zero-order valence-corrected chi connectivity index (χ0v) is 8.36. The average molecular weight is 194 g/mol. The summed E-state index contributed by atoms with van der Waals surface area (Å²) in [6, 6.07) is 8.95. The van der Waals surface area contributed by atoms with E-state index in [1.165, 1.54) is 0 Å². The third-order valence-corrected chi connectivity index (χ3v) is 2.17. The lowest BCUT2D eigenvalue weighted by Crippen LogP contribution is -2.35.